The lowest BCUT2D eigenvalue weighted by atomic mass is 10.1. The Morgan fingerprint density at radius 1 is 1.09 bits per heavy atom. The maximum Gasteiger partial charge on any atom is 0.308 e. The van der Waals surface area contributed by atoms with E-state index in [-0.39, 0.29) is 5.97 Å². The van der Waals surface area contributed by atoms with Crippen LogP contribution in [0.3, 0.4) is 0 Å². The molecule has 0 aliphatic rings. The first-order chi connectivity index (χ1) is 11.0. The van der Waals surface area contributed by atoms with Gasteiger partial charge >= 0.3 is 5.97 Å². The van der Waals surface area contributed by atoms with Crippen molar-refractivity contribution in [3.63, 3.8) is 0 Å². The van der Waals surface area contributed by atoms with Crippen LogP contribution in [0.4, 0.5) is 0 Å². The number of ether oxygens (including phenoxy) is 1. The molecule has 0 bridgehead atoms. The van der Waals surface area contributed by atoms with Crippen molar-refractivity contribution in [2.45, 2.75) is 6.92 Å². The highest BCUT2D eigenvalue weighted by Gasteiger charge is 2.11. The molecule has 116 valence electrons. The summed E-state index contributed by atoms with van der Waals surface area (Å²) in [5.74, 6) is 6.35. The Balaban J connectivity index is 2.44. The van der Waals surface area contributed by atoms with Crippen molar-refractivity contribution in [1.82, 2.24) is 4.90 Å². The van der Waals surface area contributed by atoms with E-state index in [9.17, 15) is 4.79 Å². The van der Waals surface area contributed by atoms with Crippen molar-refractivity contribution in [2.75, 3.05) is 14.1 Å². The normalized spacial score (nSPS) is 9.52. The number of rotatable bonds is 2. The Morgan fingerprint density at radius 2 is 1.78 bits per heavy atom. The molecule has 3 nitrogen and oxygen atoms in total. The van der Waals surface area contributed by atoms with Crippen LogP contribution in [-0.4, -0.2) is 30.0 Å². The lowest BCUT2D eigenvalue weighted by Crippen LogP contribution is -2.21. The molecular formula is C19H17NO2S. The van der Waals surface area contributed by atoms with Crippen LogP contribution >= 0.6 is 12.2 Å². The highest BCUT2D eigenvalue weighted by Crippen LogP contribution is 2.19. The van der Waals surface area contributed by atoms with Gasteiger partial charge in [0.05, 0.1) is 0 Å². The van der Waals surface area contributed by atoms with E-state index in [0.717, 1.165) is 16.7 Å². The molecule has 0 fully saturated rings. The Morgan fingerprint density at radius 3 is 2.39 bits per heavy atom. The van der Waals surface area contributed by atoms with E-state index in [1.807, 2.05) is 55.4 Å². The summed E-state index contributed by atoms with van der Waals surface area (Å²) in [6.07, 6.45) is 0. The molecule has 2 aromatic rings. The molecule has 0 unspecified atom stereocenters. The molecule has 0 aliphatic carbocycles. The van der Waals surface area contributed by atoms with Crippen LogP contribution in [0.25, 0.3) is 0 Å². The van der Waals surface area contributed by atoms with Crippen molar-refractivity contribution in [3.8, 4) is 17.6 Å². The zero-order valence-electron chi connectivity index (χ0n) is 13.3. The van der Waals surface area contributed by atoms with E-state index in [1.165, 1.54) is 6.92 Å². The molecule has 0 aliphatic heterocycles. The predicted molar refractivity (Wildman–Crippen MR) is 95.6 cm³/mol. The summed E-state index contributed by atoms with van der Waals surface area (Å²) in [6.45, 7) is 1.37. The second kappa shape index (κ2) is 7.57. The van der Waals surface area contributed by atoms with Gasteiger partial charge in [-0.15, -0.1) is 0 Å². The van der Waals surface area contributed by atoms with E-state index in [1.54, 1.807) is 12.1 Å². The monoisotopic (exact) mass is 323 g/mol. The second-order valence-electron chi connectivity index (χ2n) is 5.12. The van der Waals surface area contributed by atoms with Crippen LogP contribution < -0.4 is 4.74 Å². The molecular weight excluding hydrogens is 306 g/mol. The summed E-state index contributed by atoms with van der Waals surface area (Å²) in [4.78, 5) is 13.6. The summed E-state index contributed by atoms with van der Waals surface area (Å²) >= 11 is 5.45. The molecule has 0 atom stereocenters. The van der Waals surface area contributed by atoms with Gasteiger partial charge in [-0.25, -0.2) is 0 Å². The van der Waals surface area contributed by atoms with E-state index in [4.69, 9.17) is 17.0 Å². The van der Waals surface area contributed by atoms with Crippen LogP contribution in [0.2, 0.25) is 0 Å². The molecule has 0 radical (unpaired) electrons. The number of esters is 1. The summed E-state index contributed by atoms with van der Waals surface area (Å²) < 4.78 is 5.14. The summed E-state index contributed by atoms with van der Waals surface area (Å²) in [5, 5.41) is 0. The Kier molecular flexibility index (Phi) is 5.51. The van der Waals surface area contributed by atoms with E-state index >= 15 is 0 Å². The molecule has 0 saturated carbocycles. The van der Waals surface area contributed by atoms with Crippen molar-refractivity contribution < 1.29 is 9.53 Å². The van der Waals surface area contributed by atoms with Gasteiger partial charge in [-0.1, -0.05) is 42.3 Å². The summed E-state index contributed by atoms with van der Waals surface area (Å²) in [7, 11) is 3.74. The smallest absolute Gasteiger partial charge is 0.308 e. The molecule has 0 amide bonds. The number of carbonyl (C=O) groups excluding carboxylic acids is 1. The van der Waals surface area contributed by atoms with Gasteiger partial charge in [-0.05, 0) is 30.3 Å². The minimum absolute atomic E-state index is 0.366. The Labute approximate surface area is 141 Å². The standard InChI is InChI=1S/C19H17NO2S/c1-14(21)22-17-12-11-16(18(13-17)19(23)20(2)3)10-9-15-7-5-4-6-8-15/h4-8,11-13H,1-3H3. The topological polar surface area (TPSA) is 29.5 Å². The predicted octanol–water partition coefficient (Wildman–Crippen LogP) is 3.25. The number of hydrogen-bond acceptors (Lipinski definition) is 3. The molecule has 4 heteroatoms. The minimum atomic E-state index is -0.366. The fourth-order valence-corrected chi connectivity index (χ4v) is 2.11. The molecule has 0 N–H and O–H groups in total. The van der Waals surface area contributed by atoms with Crippen molar-refractivity contribution in [1.29, 1.82) is 0 Å². The van der Waals surface area contributed by atoms with Crippen LogP contribution in [0.1, 0.15) is 23.6 Å². The molecule has 0 spiro atoms. The zero-order chi connectivity index (χ0) is 16.8. The van der Waals surface area contributed by atoms with Gasteiger partial charge in [0.25, 0.3) is 0 Å². The quantitative estimate of drug-likeness (QED) is 0.367. The number of hydrogen-bond donors (Lipinski definition) is 0. The fourth-order valence-electron chi connectivity index (χ4n) is 1.94. The first kappa shape index (κ1) is 16.7. The van der Waals surface area contributed by atoms with Crippen molar-refractivity contribution in [3.05, 3.63) is 65.2 Å². The number of nitrogens with zero attached hydrogens (tertiary/aromatic N) is 1. The van der Waals surface area contributed by atoms with Crippen LogP contribution in [-0.2, 0) is 4.79 Å². The van der Waals surface area contributed by atoms with E-state index in [0.29, 0.717) is 10.7 Å². The molecule has 0 heterocycles. The summed E-state index contributed by atoms with van der Waals surface area (Å²) in [6, 6.07) is 15.0. The van der Waals surface area contributed by atoms with Gasteiger partial charge in [0.1, 0.15) is 10.7 Å². The lowest BCUT2D eigenvalue weighted by Gasteiger charge is -2.16. The third-order valence-electron chi connectivity index (χ3n) is 3.00. The largest absolute Gasteiger partial charge is 0.427 e. The van der Waals surface area contributed by atoms with Gasteiger partial charge in [0, 0.05) is 37.7 Å². The molecule has 2 aromatic carbocycles. The first-order valence-corrected chi connectivity index (χ1v) is 7.49. The van der Waals surface area contributed by atoms with Crippen LogP contribution in [0, 0.1) is 11.8 Å². The zero-order valence-corrected chi connectivity index (χ0v) is 14.1. The third-order valence-corrected chi connectivity index (χ3v) is 3.59. The Hall–Kier alpha value is -2.64. The van der Waals surface area contributed by atoms with Gasteiger partial charge in [-0.3, -0.25) is 4.79 Å². The third kappa shape index (κ3) is 4.67. The first-order valence-electron chi connectivity index (χ1n) is 7.08. The minimum Gasteiger partial charge on any atom is -0.427 e. The molecule has 0 aromatic heterocycles. The average Bonchev–Trinajstić information content (AvgIpc) is 2.53. The second-order valence-corrected chi connectivity index (χ2v) is 5.50. The highest BCUT2D eigenvalue weighted by molar-refractivity contribution is 7.80. The maximum absolute atomic E-state index is 11.1. The Bertz CT molecular complexity index is 786. The van der Waals surface area contributed by atoms with E-state index in [2.05, 4.69) is 11.8 Å². The highest BCUT2D eigenvalue weighted by atomic mass is 32.1. The molecule has 23 heavy (non-hydrogen) atoms. The number of benzene rings is 2. The number of carbonyl (C=O) groups is 1. The van der Waals surface area contributed by atoms with Crippen LogP contribution in [0.15, 0.2) is 48.5 Å². The lowest BCUT2D eigenvalue weighted by molar-refractivity contribution is -0.131. The van der Waals surface area contributed by atoms with Crippen molar-refractivity contribution in [2.24, 2.45) is 0 Å². The molecule has 0 saturated heterocycles. The van der Waals surface area contributed by atoms with Gasteiger partial charge in [-0.2, -0.15) is 0 Å². The average molecular weight is 323 g/mol. The molecule has 2 rings (SSSR count). The van der Waals surface area contributed by atoms with Crippen molar-refractivity contribution >= 4 is 23.2 Å². The van der Waals surface area contributed by atoms with E-state index < -0.39 is 0 Å². The number of thiocarbonyl (C=S) groups is 1. The SMILES string of the molecule is CC(=O)Oc1ccc(C#Cc2ccccc2)c(C(=S)N(C)C)c1. The fraction of sp³-hybridized carbons (Fsp3) is 0.158. The summed E-state index contributed by atoms with van der Waals surface area (Å²) in [5.41, 5.74) is 2.49. The van der Waals surface area contributed by atoms with Gasteiger partial charge < -0.3 is 9.64 Å². The maximum atomic E-state index is 11.1. The van der Waals surface area contributed by atoms with Gasteiger partial charge in [0.2, 0.25) is 0 Å². The van der Waals surface area contributed by atoms with Gasteiger partial charge in [0.15, 0.2) is 0 Å². The van der Waals surface area contributed by atoms with Crippen LogP contribution in [0.5, 0.6) is 5.75 Å².